The fourth-order valence-electron chi connectivity index (χ4n) is 2.15. The van der Waals surface area contributed by atoms with Crippen molar-refractivity contribution >= 4 is 58.2 Å². The van der Waals surface area contributed by atoms with E-state index in [0.29, 0.717) is 21.4 Å². The minimum Gasteiger partial charge on any atom is -0.323 e. The third kappa shape index (κ3) is 3.04. The molecule has 3 rings (SSSR count). The highest BCUT2D eigenvalue weighted by molar-refractivity contribution is 8.02. The van der Waals surface area contributed by atoms with Gasteiger partial charge in [0.15, 0.2) is 4.75 Å². The fourth-order valence-corrected chi connectivity index (χ4v) is 3.59. The second-order valence-electron chi connectivity index (χ2n) is 5.16. The van der Waals surface area contributed by atoms with Crippen LogP contribution in [0.5, 0.6) is 0 Å². The van der Waals surface area contributed by atoms with Crippen molar-refractivity contribution in [3.63, 3.8) is 0 Å². The zero-order valence-corrected chi connectivity index (χ0v) is 14.4. The molecular weight excluding hydrogens is 355 g/mol. The van der Waals surface area contributed by atoms with E-state index in [1.807, 2.05) is 18.2 Å². The maximum absolute atomic E-state index is 12.7. The Morgan fingerprint density at radius 3 is 2.74 bits per heavy atom. The molecular formula is C16H12Cl2N2O2S. The maximum Gasteiger partial charge on any atom is 0.250 e. The Balaban J connectivity index is 1.89. The van der Waals surface area contributed by atoms with Crippen molar-refractivity contribution in [3.05, 3.63) is 52.5 Å². The lowest BCUT2D eigenvalue weighted by molar-refractivity contribution is -0.126. The molecule has 2 aromatic carbocycles. The summed E-state index contributed by atoms with van der Waals surface area (Å²) in [4.78, 5) is 25.9. The first kappa shape index (κ1) is 16.2. The van der Waals surface area contributed by atoms with Gasteiger partial charge in [0.05, 0.1) is 16.4 Å². The molecule has 7 heteroatoms. The summed E-state index contributed by atoms with van der Waals surface area (Å²) in [6.07, 6.45) is 0. The Kier molecular flexibility index (Phi) is 4.27. The van der Waals surface area contributed by atoms with Crippen molar-refractivity contribution in [2.45, 2.75) is 16.6 Å². The van der Waals surface area contributed by atoms with Gasteiger partial charge in [-0.3, -0.25) is 9.59 Å². The van der Waals surface area contributed by atoms with Gasteiger partial charge in [-0.15, -0.1) is 0 Å². The molecule has 4 nitrogen and oxygen atoms in total. The lowest BCUT2D eigenvalue weighted by atomic mass is 10.1. The molecule has 2 amide bonds. The van der Waals surface area contributed by atoms with E-state index in [2.05, 4.69) is 10.6 Å². The highest BCUT2D eigenvalue weighted by atomic mass is 35.5. The molecule has 0 fully saturated rings. The van der Waals surface area contributed by atoms with Crippen molar-refractivity contribution in [1.29, 1.82) is 0 Å². The summed E-state index contributed by atoms with van der Waals surface area (Å²) in [7, 11) is 0. The number of anilines is 2. The summed E-state index contributed by atoms with van der Waals surface area (Å²) in [6, 6.07) is 12.1. The van der Waals surface area contributed by atoms with Gasteiger partial charge >= 0.3 is 0 Å². The molecule has 1 aliphatic rings. The predicted molar refractivity (Wildman–Crippen MR) is 94.4 cm³/mol. The number of benzene rings is 2. The van der Waals surface area contributed by atoms with E-state index >= 15 is 0 Å². The highest BCUT2D eigenvalue weighted by Gasteiger charge is 2.45. The van der Waals surface area contributed by atoms with Gasteiger partial charge in [0, 0.05) is 9.92 Å². The van der Waals surface area contributed by atoms with Crippen LogP contribution < -0.4 is 10.6 Å². The van der Waals surface area contributed by atoms with E-state index in [1.54, 1.807) is 31.2 Å². The lowest BCUT2D eigenvalue weighted by Gasteiger charge is -2.31. The van der Waals surface area contributed by atoms with Crippen molar-refractivity contribution < 1.29 is 9.59 Å². The number of amides is 2. The monoisotopic (exact) mass is 366 g/mol. The molecule has 0 saturated carbocycles. The fraction of sp³-hybridized carbons (Fsp3) is 0.125. The predicted octanol–water partition coefficient (Wildman–Crippen LogP) is 4.44. The van der Waals surface area contributed by atoms with Gasteiger partial charge in [-0.05, 0) is 37.3 Å². The molecule has 0 radical (unpaired) electrons. The smallest absolute Gasteiger partial charge is 0.250 e. The van der Waals surface area contributed by atoms with Gasteiger partial charge in [-0.25, -0.2) is 0 Å². The number of carbonyl (C=O) groups is 2. The number of rotatable bonds is 2. The highest BCUT2D eigenvalue weighted by Crippen LogP contribution is 2.43. The third-order valence-corrected chi connectivity index (χ3v) is 5.41. The molecule has 1 unspecified atom stereocenters. The van der Waals surface area contributed by atoms with Crippen molar-refractivity contribution in [2.24, 2.45) is 0 Å². The number of para-hydroxylation sites is 1. The summed E-state index contributed by atoms with van der Waals surface area (Å²) in [5, 5.41) is 6.25. The molecule has 2 aromatic rings. The van der Waals surface area contributed by atoms with Crippen molar-refractivity contribution in [2.75, 3.05) is 10.6 Å². The quantitative estimate of drug-likeness (QED) is 0.772. The molecule has 0 spiro atoms. The zero-order valence-electron chi connectivity index (χ0n) is 12.0. The van der Waals surface area contributed by atoms with Crippen LogP contribution in [0, 0.1) is 0 Å². The maximum atomic E-state index is 12.7. The van der Waals surface area contributed by atoms with Crippen LogP contribution >= 0.6 is 35.0 Å². The second kappa shape index (κ2) is 6.07. The first-order valence-corrected chi connectivity index (χ1v) is 8.33. The molecule has 23 heavy (non-hydrogen) atoms. The van der Waals surface area contributed by atoms with Crippen LogP contribution in [0.2, 0.25) is 10.0 Å². The minimum atomic E-state index is -1.31. The number of fused-ring (bicyclic) bond motifs is 1. The van der Waals surface area contributed by atoms with Crippen molar-refractivity contribution in [1.82, 2.24) is 0 Å². The van der Waals surface area contributed by atoms with Gasteiger partial charge in [-0.1, -0.05) is 47.1 Å². The number of carbonyl (C=O) groups excluding carboxylic acids is 2. The van der Waals surface area contributed by atoms with Crippen LogP contribution in [-0.4, -0.2) is 16.6 Å². The largest absolute Gasteiger partial charge is 0.323 e. The molecule has 1 atom stereocenters. The van der Waals surface area contributed by atoms with Crippen LogP contribution in [0.15, 0.2) is 47.4 Å². The molecule has 118 valence electrons. The Labute approximate surface area is 147 Å². The van der Waals surface area contributed by atoms with E-state index < -0.39 is 10.7 Å². The van der Waals surface area contributed by atoms with Gasteiger partial charge < -0.3 is 10.6 Å². The summed E-state index contributed by atoms with van der Waals surface area (Å²) in [5.74, 6) is -0.837. The van der Waals surface area contributed by atoms with Crippen LogP contribution in [0.4, 0.5) is 11.4 Å². The molecule has 0 saturated heterocycles. The lowest BCUT2D eigenvalue weighted by Crippen LogP contribution is -2.49. The topological polar surface area (TPSA) is 58.2 Å². The SMILES string of the molecule is CC1(C(=O)Nc2cc(Cl)ccc2Cl)Sc2ccccc2NC1=O. The van der Waals surface area contributed by atoms with Gasteiger partial charge in [0.25, 0.3) is 0 Å². The standard InChI is InChI=1S/C16H12Cl2N2O2S/c1-16(14(21)19-11-4-2-3-5-13(11)23-16)15(22)20-12-8-9(17)6-7-10(12)18/h2-8H,1H3,(H,19,21)(H,20,22). The molecule has 1 aliphatic heterocycles. The average Bonchev–Trinajstić information content (AvgIpc) is 2.52. The van der Waals surface area contributed by atoms with Gasteiger partial charge in [-0.2, -0.15) is 0 Å². The molecule has 2 N–H and O–H groups in total. The van der Waals surface area contributed by atoms with E-state index in [4.69, 9.17) is 23.2 Å². The number of nitrogens with one attached hydrogen (secondary N) is 2. The summed E-state index contributed by atoms with van der Waals surface area (Å²) < 4.78 is -1.31. The minimum absolute atomic E-state index is 0.355. The molecule has 1 heterocycles. The second-order valence-corrected chi connectivity index (χ2v) is 7.47. The first-order chi connectivity index (χ1) is 10.9. The summed E-state index contributed by atoms with van der Waals surface area (Å²) in [6.45, 7) is 1.58. The Morgan fingerprint density at radius 2 is 1.96 bits per heavy atom. The number of thioether (sulfide) groups is 1. The Hall–Kier alpha value is -1.69. The van der Waals surface area contributed by atoms with Gasteiger partial charge in [0.1, 0.15) is 0 Å². The first-order valence-electron chi connectivity index (χ1n) is 6.76. The Morgan fingerprint density at radius 1 is 1.22 bits per heavy atom. The number of halogens is 2. The van der Waals surface area contributed by atoms with Crippen molar-refractivity contribution in [3.8, 4) is 0 Å². The summed E-state index contributed by atoms with van der Waals surface area (Å²) in [5.41, 5.74) is 1.08. The van der Waals surface area contributed by atoms with E-state index in [0.717, 1.165) is 4.90 Å². The molecule has 0 bridgehead atoms. The van der Waals surface area contributed by atoms with Crippen LogP contribution in [-0.2, 0) is 9.59 Å². The van der Waals surface area contributed by atoms with E-state index in [9.17, 15) is 9.59 Å². The zero-order chi connectivity index (χ0) is 16.6. The molecule has 0 aliphatic carbocycles. The normalized spacial score (nSPS) is 19.7. The van der Waals surface area contributed by atoms with E-state index in [-0.39, 0.29) is 5.91 Å². The van der Waals surface area contributed by atoms with Crippen LogP contribution in [0.25, 0.3) is 0 Å². The number of hydrogen-bond donors (Lipinski definition) is 2. The Bertz CT molecular complexity index is 812. The van der Waals surface area contributed by atoms with Crippen LogP contribution in [0.1, 0.15) is 6.92 Å². The average molecular weight is 367 g/mol. The molecule has 0 aromatic heterocycles. The number of hydrogen-bond acceptors (Lipinski definition) is 3. The van der Waals surface area contributed by atoms with Gasteiger partial charge in [0.2, 0.25) is 11.8 Å². The third-order valence-electron chi connectivity index (χ3n) is 3.49. The van der Waals surface area contributed by atoms with E-state index in [1.165, 1.54) is 11.8 Å². The summed E-state index contributed by atoms with van der Waals surface area (Å²) >= 11 is 13.2. The van der Waals surface area contributed by atoms with Crippen LogP contribution in [0.3, 0.4) is 0 Å².